The van der Waals surface area contributed by atoms with Crippen LogP contribution in [0, 0.1) is 11.8 Å². The summed E-state index contributed by atoms with van der Waals surface area (Å²) >= 11 is 0. The van der Waals surface area contributed by atoms with E-state index in [4.69, 9.17) is 0 Å². The van der Waals surface area contributed by atoms with Crippen LogP contribution in [-0.4, -0.2) is 17.5 Å². The Labute approximate surface area is 83.4 Å². The lowest BCUT2D eigenvalue weighted by Gasteiger charge is -2.20. The van der Waals surface area contributed by atoms with Gasteiger partial charge in [-0.3, -0.25) is 10.1 Å². The molecule has 2 atom stereocenters. The molecule has 0 radical (unpaired) electrons. The lowest BCUT2D eigenvalue weighted by Crippen LogP contribution is -2.44. The number of imide groups is 1. The predicted molar refractivity (Wildman–Crippen MR) is 51.6 cm³/mol. The summed E-state index contributed by atoms with van der Waals surface area (Å²) in [6.07, 6.45) is 2.61. The number of hydrogen-bond acceptors (Lipinski definition) is 2. The lowest BCUT2D eigenvalue weighted by molar-refractivity contribution is -0.123. The van der Waals surface area contributed by atoms with Gasteiger partial charge in [-0.05, 0) is 31.1 Å². The average Bonchev–Trinajstić information content (AvgIpc) is 2.59. The Kier molecular flexibility index (Phi) is 2.01. The van der Waals surface area contributed by atoms with Crippen molar-refractivity contribution in [1.29, 1.82) is 0 Å². The summed E-state index contributed by atoms with van der Waals surface area (Å²) in [5.74, 6) is 1.00. The molecule has 0 bridgehead atoms. The van der Waals surface area contributed by atoms with Crippen molar-refractivity contribution in [3.05, 3.63) is 0 Å². The van der Waals surface area contributed by atoms with Gasteiger partial charge in [0.25, 0.3) is 5.91 Å². The first-order valence-corrected chi connectivity index (χ1v) is 5.17. The molecule has 2 N–H and O–H groups in total. The third-order valence-corrected chi connectivity index (χ3v) is 3.51. The van der Waals surface area contributed by atoms with Gasteiger partial charge in [0.05, 0.1) is 0 Å². The van der Waals surface area contributed by atoms with Crippen molar-refractivity contribution in [3.8, 4) is 0 Å². The van der Waals surface area contributed by atoms with E-state index < -0.39 is 5.54 Å². The zero-order valence-corrected chi connectivity index (χ0v) is 8.59. The lowest BCUT2D eigenvalue weighted by atomic mass is 9.90. The van der Waals surface area contributed by atoms with Gasteiger partial charge in [-0.1, -0.05) is 13.8 Å². The highest BCUT2D eigenvalue weighted by atomic mass is 16.2. The minimum absolute atomic E-state index is 0.134. The van der Waals surface area contributed by atoms with Crippen LogP contribution in [0.25, 0.3) is 0 Å². The highest BCUT2D eigenvalue weighted by Crippen LogP contribution is 2.39. The Morgan fingerprint density at radius 1 is 1.43 bits per heavy atom. The van der Waals surface area contributed by atoms with Gasteiger partial charge in [-0.2, -0.15) is 0 Å². The Balaban J connectivity index is 2.13. The zero-order valence-electron chi connectivity index (χ0n) is 8.59. The topological polar surface area (TPSA) is 58.2 Å². The maximum Gasteiger partial charge on any atom is 0.322 e. The molecule has 0 aromatic heterocycles. The molecule has 1 aliphatic carbocycles. The van der Waals surface area contributed by atoms with Crippen LogP contribution in [0.3, 0.4) is 0 Å². The molecule has 14 heavy (non-hydrogen) atoms. The maximum absolute atomic E-state index is 11.6. The van der Waals surface area contributed by atoms with Gasteiger partial charge in [0, 0.05) is 0 Å². The van der Waals surface area contributed by atoms with E-state index in [0.717, 1.165) is 19.3 Å². The van der Waals surface area contributed by atoms with Crippen LogP contribution in [0.2, 0.25) is 0 Å². The van der Waals surface area contributed by atoms with Crippen molar-refractivity contribution >= 4 is 11.9 Å². The summed E-state index contributed by atoms with van der Waals surface area (Å²) in [6.45, 7) is 4.33. The third kappa shape index (κ3) is 1.29. The molecular weight excluding hydrogens is 180 g/mol. The molecule has 4 nitrogen and oxygen atoms in total. The molecule has 1 aliphatic heterocycles. The highest BCUT2D eigenvalue weighted by molar-refractivity contribution is 6.07. The number of rotatable bonds is 1. The highest BCUT2D eigenvalue weighted by Gasteiger charge is 2.51. The van der Waals surface area contributed by atoms with Crippen LogP contribution >= 0.6 is 0 Å². The van der Waals surface area contributed by atoms with Crippen molar-refractivity contribution in [1.82, 2.24) is 10.6 Å². The number of amides is 3. The second kappa shape index (κ2) is 2.97. The van der Waals surface area contributed by atoms with Crippen molar-refractivity contribution in [3.63, 3.8) is 0 Å². The maximum atomic E-state index is 11.6. The molecule has 1 heterocycles. The normalized spacial score (nSPS) is 36.6. The van der Waals surface area contributed by atoms with Crippen LogP contribution in [0.4, 0.5) is 4.79 Å². The number of urea groups is 1. The molecular formula is C10H16N2O2. The average molecular weight is 196 g/mol. The number of carbonyl (C=O) groups is 2. The van der Waals surface area contributed by atoms with Crippen LogP contribution < -0.4 is 10.6 Å². The largest absolute Gasteiger partial charge is 0.323 e. The fourth-order valence-electron chi connectivity index (χ4n) is 2.50. The van der Waals surface area contributed by atoms with E-state index in [9.17, 15) is 9.59 Å². The second-order valence-electron chi connectivity index (χ2n) is 4.74. The second-order valence-corrected chi connectivity index (χ2v) is 4.74. The van der Waals surface area contributed by atoms with E-state index in [1.165, 1.54) is 0 Å². The van der Waals surface area contributed by atoms with E-state index in [0.29, 0.717) is 11.8 Å². The molecule has 1 saturated heterocycles. The molecule has 0 unspecified atom stereocenters. The first kappa shape index (κ1) is 9.49. The zero-order chi connectivity index (χ0) is 10.3. The van der Waals surface area contributed by atoms with Gasteiger partial charge >= 0.3 is 6.03 Å². The number of carbonyl (C=O) groups excluding carboxylic acids is 2. The van der Waals surface area contributed by atoms with Crippen LogP contribution in [0.15, 0.2) is 0 Å². The Bertz CT molecular complexity index is 288. The summed E-state index contributed by atoms with van der Waals surface area (Å²) in [5, 5.41) is 5.08. The fraction of sp³-hybridized carbons (Fsp3) is 0.800. The van der Waals surface area contributed by atoms with E-state index in [-0.39, 0.29) is 11.9 Å². The van der Waals surface area contributed by atoms with Gasteiger partial charge in [0.1, 0.15) is 5.54 Å². The summed E-state index contributed by atoms with van der Waals surface area (Å²) in [7, 11) is 0. The van der Waals surface area contributed by atoms with E-state index in [1.807, 2.05) is 0 Å². The Morgan fingerprint density at radius 2 is 2.14 bits per heavy atom. The monoisotopic (exact) mass is 196 g/mol. The molecule has 3 amide bonds. The van der Waals surface area contributed by atoms with Crippen molar-refractivity contribution < 1.29 is 9.59 Å². The Hall–Kier alpha value is -1.06. The van der Waals surface area contributed by atoms with Crippen molar-refractivity contribution in [2.45, 2.75) is 38.6 Å². The summed E-state index contributed by atoms with van der Waals surface area (Å²) in [5.41, 5.74) is -0.577. The standard InChI is InChI=1S/C10H16N2O2/c1-6(2)7-3-4-10(5-7)8(13)11-9(14)12-10/h6-7H,3-5H2,1-2H3,(H2,11,12,13,14)/t7-,10-/m1/s1. The summed E-state index contributed by atoms with van der Waals surface area (Å²) in [6, 6.07) is -0.334. The predicted octanol–water partition coefficient (Wildman–Crippen LogP) is 1.02. The molecule has 1 saturated carbocycles. The molecule has 2 aliphatic rings. The van der Waals surface area contributed by atoms with Crippen LogP contribution in [0.1, 0.15) is 33.1 Å². The van der Waals surface area contributed by atoms with Gasteiger partial charge in [-0.25, -0.2) is 4.79 Å². The summed E-state index contributed by atoms with van der Waals surface area (Å²) < 4.78 is 0. The molecule has 1 spiro atoms. The molecule has 0 aromatic carbocycles. The van der Waals surface area contributed by atoms with E-state index in [1.54, 1.807) is 0 Å². The minimum Gasteiger partial charge on any atom is -0.323 e. The Morgan fingerprint density at radius 3 is 2.57 bits per heavy atom. The molecule has 2 fully saturated rings. The van der Waals surface area contributed by atoms with Crippen LogP contribution in [-0.2, 0) is 4.79 Å². The molecule has 4 heteroatoms. The first-order valence-electron chi connectivity index (χ1n) is 5.17. The SMILES string of the molecule is CC(C)[C@@H]1CC[C@]2(C1)NC(=O)NC2=O. The van der Waals surface area contributed by atoms with Gasteiger partial charge in [0.15, 0.2) is 0 Å². The van der Waals surface area contributed by atoms with Crippen molar-refractivity contribution in [2.24, 2.45) is 11.8 Å². The number of hydrogen-bond donors (Lipinski definition) is 2. The van der Waals surface area contributed by atoms with Crippen molar-refractivity contribution in [2.75, 3.05) is 0 Å². The number of nitrogens with one attached hydrogen (secondary N) is 2. The van der Waals surface area contributed by atoms with Gasteiger partial charge in [-0.15, -0.1) is 0 Å². The molecule has 0 aromatic rings. The van der Waals surface area contributed by atoms with Crippen LogP contribution in [0.5, 0.6) is 0 Å². The van der Waals surface area contributed by atoms with E-state index in [2.05, 4.69) is 24.5 Å². The molecule has 2 rings (SSSR count). The fourth-order valence-corrected chi connectivity index (χ4v) is 2.50. The smallest absolute Gasteiger partial charge is 0.322 e. The summed E-state index contributed by atoms with van der Waals surface area (Å²) in [4.78, 5) is 22.6. The van der Waals surface area contributed by atoms with Gasteiger partial charge in [0.2, 0.25) is 0 Å². The minimum atomic E-state index is -0.577. The first-order chi connectivity index (χ1) is 6.53. The quantitative estimate of drug-likeness (QED) is 0.615. The molecule has 78 valence electrons. The third-order valence-electron chi connectivity index (χ3n) is 3.51. The van der Waals surface area contributed by atoms with E-state index >= 15 is 0 Å². The van der Waals surface area contributed by atoms with Gasteiger partial charge < -0.3 is 5.32 Å².